The lowest BCUT2D eigenvalue weighted by Crippen LogP contribution is -2.44. The van der Waals surface area contributed by atoms with Crippen LogP contribution in [0.5, 0.6) is 5.75 Å². The van der Waals surface area contributed by atoms with Crippen molar-refractivity contribution in [2.24, 2.45) is 0 Å². The Kier molecular flexibility index (Phi) is 3.88. The molecule has 0 unspecified atom stereocenters. The summed E-state index contributed by atoms with van der Waals surface area (Å²) in [7, 11) is 1.60. The molecule has 0 fully saturated rings. The Hall–Kier alpha value is -3.45. The Labute approximate surface area is 172 Å². The van der Waals surface area contributed by atoms with Crippen molar-refractivity contribution < 1.29 is 19.4 Å². The number of esters is 1. The standard InChI is InChI=1S/C23H20N2O5/c1-4-13-14-8-12-10-25-18(20(12)24-17(14)6-7-19(13)29-3)9-16-15(21(25)26)11-30-22(27)23(16,28)5-2/h4,6-9,28H,1,5,10-11H2,2-3H3/t23-/m0/s1. The molecule has 0 saturated carbocycles. The lowest BCUT2D eigenvalue weighted by atomic mass is 9.86. The number of carbonyl (C=O) groups is 1. The highest BCUT2D eigenvalue weighted by Crippen LogP contribution is 2.39. The molecule has 0 aliphatic carbocycles. The molecule has 3 aromatic rings. The molecule has 2 aromatic heterocycles. The summed E-state index contributed by atoms with van der Waals surface area (Å²) in [5.41, 5.74) is 2.25. The van der Waals surface area contributed by atoms with Crippen LogP contribution in [-0.2, 0) is 28.3 Å². The van der Waals surface area contributed by atoms with Crippen LogP contribution in [0, 0.1) is 0 Å². The first-order valence-corrected chi connectivity index (χ1v) is 9.73. The summed E-state index contributed by atoms with van der Waals surface area (Å²) in [5.74, 6) is -0.0275. The van der Waals surface area contributed by atoms with Crippen LogP contribution >= 0.6 is 0 Å². The maximum absolute atomic E-state index is 13.2. The van der Waals surface area contributed by atoms with Gasteiger partial charge in [0.15, 0.2) is 5.60 Å². The van der Waals surface area contributed by atoms with Crippen LogP contribution in [0.25, 0.3) is 28.4 Å². The van der Waals surface area contributed by atoms with E-state index >= 15 is 0 Å². The van der Waals surface area contributed by atoms with Gasteiger partial charge in [0.05, 0.1) is 36.1 Å². The quantitative estimate of drug-likeness (QED) is 0.528. The van der Waals surface area contributed by atoms with Gasteiger partial charge in [-0.3, -0.25) is 4.79 Å². The van der Waals surface area contributed by atoms with Gasteiger partial charge in [0, 0.05) is 22.1 Å². The van der Waals surface area contributed by atoms with E-state index in [0.29, 0.717) is 34.8 Å². The first-order valence-electron chi connectivity index (χ1n) is 9.73. The van der Waals surface area contributed by atoms with Gasteiger partial charge in [0.25, 0.3) is 5.56 Å². The largest absolute Gasteiger partial charge is 0.496 e. The summed E-state index contributed by atoms with van der Waals surface area (Å²) in [6, 6.07) is 7.40. The Morgan fingerprint density at radius 3 is 2.87 bits per heavy atom. The number of methoxy groups -OCH3 is 1. The van der Waals surface area contributed by atoms with Crippen molar-refractivity contribution in [1.82, 2.24) is 9.55 Å². The Balaban J connectivity index is 1.78. The molecule has 4 heterocycles. The number of fused-ring (bicyclic) bond motifs is 5. The Morgan fingerprint density at radius 2 is 2.17 bits per heavy atom. The highest BCUT2D eigenvalue weighted by atomic mass is 16.6. The average Bonchev–Trinajstić information content (AvgIpc) is 3.12. The molecule has 0 bridgehead atoms. The normalized spacial score (nSPS) is 19.1. The van der Waals surface area contributed by atoms with Crippen molar-refractivity contribution in [2.75, 3.05) is 7.11 Å². The lowest BCUT2D eigenvalue weighted by molar-refractivity contribution is -0.172. The molecule has 0 saturated heterocycles. The minimum absolute atomic E-state index is 0.113. The fourth-order valence-electron chi connectivity index (χ4n) is 4.44. The topological polar surface area (TPSA) is 90.7 Å². The predicted octanol–water partition coefficient (Wildman–Crippen LogP) is 2.73. The first kappa shape index (κ1) is 18.6. The molecule has 5 rings (SSSR count). The molecule has 30 heavy (non-hydrogen) atoms. The second kappa shape index (κ2) is 6.27. The molecule has 7 nitrogen and oxygen atoms in total. The SMILES string of the molecule is C=Cc1c(OC)ccc2nc3c(cc12)Cn1c-3cc2c(c1=O)COC(=O)[C@]2(O)CC. The monoisotopic (exact) mass is 404 g/mol. The van der Waals surface area contributed by atoms with Crippen molar-refractivity contribution in [3.8, 4) is 17.1 Å². The smallest absolute Gasteiger partial charge is 0.343 e. The fourth-order valence-corrected chi connectivity index (χ4v) is 4.44. The number of ether oxygens (including phenoxy) is 2. The van der Waals surface area contributed by atoms with Gasteiger partial charge >= 0.3 is 5.97 Å². The van der Waals surface area contributed by atoms with E-state index in [9.17, 15) is 14.7 Å². The number of aromatic nitrogens is 2. The summed E-state index contributed by atoms with van der Waals surface area (Å²) in [4.78, 5) is 30.3. The number of hydrogen-bond donors (Lipinski definition) is 1. The summed E-state index contributed by atoms with van der Waals surface area (Å²) >= 11 is 0. The average molecular weight is 404 g/mol. The summed E-state index contributed by atoms with van der Waals surface area (Å²) < 4.78 is 12.2. The van der Waals surface area contributed by atoms with Crippen LogP contribution < -0.4 is 10.3 Å². The minimum Gasteiger partial charge on any atom is -0.496 e. The van der Waals surface area contributed by atoms with E-state index in [-0.39, 0.29) is 18.6 Å². The van der Waals surface area contributed by atoms with Gasteiger partial charge in [0.2, 0.25) is 0 Å². The third-order valence-electron chi connectivity index (χ3n) is 6.12. The van der Waals surface area contributed by atoms with Crippen molar-refractivity contribution >= 4 is 22.9 Å². The minimum atomic E-state index is -1.83. The van der Waals surface area contributed by atoms with E-state index in [4.69, 9.17) is 14.5 Å². The van der Waals surface area contributed by atoms with Gasteiger partial charge in [0.1, 0.15) is 12.4 Å². The molecular formula is C23H20N2O5. The third kappa shape index (κ3) is 2.26. The highest BCUT2D eigenvalue weighted by Gasteiger charge is 2.45. The van der Waals surface area contributed by atoms with Crippen LogP contribution in [-0.4, -0.2) is 27.7 Å². The maximum Gasteiger partial charge on any atom is 0.343 e. The number of pyridine rings is 2. The van der Waals surface area contributed by atoms with E-state index in [1.54, 1.807) is 30.7 Å². The fraction of sp³-hybridized carbons (Fsp3) is 0.261. The van der Waals surface area contributed by atoms with Crippen LogP contribution in [0.4, 0.5) is 0 Å². The van der Waals surface area contributed by atoms with Gasteiger partial charge in [-0.1, -0.05) is 19.6 Å². The van der Waals surface area contributed by atoms with Crippen molar-refractivity contribution in [3.05, 3.63) is 63.5 Å². The summed E-state index contributed by atoms with van der Waals surface area (Å²) in [6.45, 7) is 5.78. The van der Waals surface area contributed by atoms with E-state index in [2.05, 4.69) is 6.58 Å². The zero-order valence-corrected chi connectivity index (χ0v) is 16.7. The molecular weight excluding hydrogens is 384 g/mol. The summed E-state index contributed by atoms with van der Waals surface area (Å²) in [6.07, 6.45) is 1.84. The van der Waals surface area contributed by atoms with E-state index in [0.717, 1.165) is 22.0 Å². The Bertz CT molecular complexity index is 1320. The number of hydrogen-bond acceptors (Lipinski definition) is 6. The zero-order valence-electron chi connectivity index (χ0n) is 16.7. The molecule has 152 valence electrons. The van der Waals surface area contributed by atoms with Gasteiger partial charge < -0.3 is 19.1 Å². The van der Waals surface area contributed by atoms with Crippen LogP contribution in [0.2, 0.25) is 0 Å². The number of nitrogens with zero attached hydrogens (tertiary/aromatic N) is 2. The predicted molar refractivity (Wildman–Crippen MR) is 111 cm³/mol. The van der Waals surface area contributed by atoms with Crippen molar-refractivity contribution in [3.63, 3.8) is 0 Å². The second-order valence-electron chi connectivity index (χ2n) is 7.55. The maximum atomic E-state index is 13.2. The molecule has 1 N–H and O–H groups in total. The van der Waals surface area contributed by atoms with Gasteiger partial charge in [-0.15, -0.1) is 0 Å². The second-order valence-corrected chi connectivity index (χ2v) is 7.55. The number of benzene rings is 1. The number of aliphatic hydroxyl groups is 1. The van der Waals surface area contributed by atoms with Gasteiger partial charge in [-0.05, 0) is 30.7 Å². The van der Waals surface area contributed by atoms with Crippen LogP contribution in [0.3, 0.4) is 0 Å². The molecule has 0 amide bonds. The molecule has 2 aliphatic rings. The van der Waals surface area contributed by atoms with Crippen LogP contribution in [0.1, 0.15) is 35.6 Å². The molecule has 0 radical (unpaired) electrons. The molecule has 0 spiro atoms. The molecule has 2 aliphatic heterocycles. The zero-order chi connectivity index (χ0) is 21.2. The van der Waals surface area contributed by atoms with E-state index < -0.39 is 11.6 Å². The number of carbonyl (C=O) groups excluding carboxylic acids is 1. The van der Waals surface area contributed by atoms with Gasteiger partial charge in [-0.25, -0.2) is 9.78 Å². The lowest BCUT2D eigenvalue weighted by Gasteiger charge is -2.31. The highest BCUT2D eigenvalue weighted by molar-refractivity contribution is 5.93. The number of cyclic esters (lactones) is 1. The van der Waals surface area contributed by atoms with Crippen molar-refractivity contribution in [2.45, 2.75) is 32.1 Å². The van der Waals surface area contributed by atoms with Crippen LogP contribution in [0.15, 0.2) is 35.6 Å². The first-order chi connectivity index (χ1) is 14.4. The van der Waals surface area contributed by atoms with E-state index in [1.807, 2.05) is 18.2 Å². The molecule has 1 atom stereocenters. The van der Waals surface area contributed by atoms with Gasteiger partial charge in [-0.2, -0.15) is 0 Å². The van der Waals surface area contributed by atoms with Crippen molar-refractivity contribution in [1.29, 1.82) is 0 Å². The Morgan fingerprint density at radius 1 is 1.37 bits per heavy atom. The van der Waals surface area contributed by atoms with E-state index in [1.165, 1.54) is 0 Å². The number of rotatable bonds is 3. The molecule has 7 heteroatoms. The third-order valence-corrected chi connectivity index (χ3v) is 6.12. The summed E-state index contributed by atoms with van der Waals surface area (Å²) in [5, 5.41) is 11.8. The molecule has 1 aromatic carbocycles.